The number of aromatic nitrogens is 2. The molecule has 1 fully saturated rings. The van der Waals surface area contributed by atoms with Crippen LogP contribution < -0.4 is 0 Å². The van der Waals surface area contributed by atoms with Crippen molar-refractivity contribution >= 4 is 6.29 Å². The third-order valence-corrected chi connectivity index (χ3v) is 4.37. The summed E-state index contributed by atoms with van der Waals surface area (Å²) in [6.07, 6.45) is 9.03. The topological polar surface area (TPSA) is 34.9 Å². The summed E-state index contributed by atoms with van der Waals surface area (Å²) >= 11 is 0. The number of carbonyl (C=O) groups is 1. The molecule has 0 unspecified atom stereocenters. The fraction of sp³-hybridized carbons (Fsp3) is 0.444. The van der Waals surface area contributed by atoms with E-state index in [0.29, 0.717) is 5.92 Å². The zero-order chi connectivity index (χ0) is 14.7. The van der Waals surface area contributed by atoms with Crippen LogP contribution in [0.3, 0.4) is 0 Å². The summed E-state index contributed by atoms with van der Waals surface area (Å²) in [7, 11) is 0. The van der Waals surface area contributed by atoms with Crippen LogP contribution in [0.4, 0.5) is 0 Å². The van der Waals surface area contributed by atoms with Crippen molar-refractivity contribution in [2.45, 2.75) is 51.5 Å². The summed E-state index contributed by atoms with van der Waals surface area (Å²) in [5.41, 5.74) is 4.26. The van der Waals surface area contributed by atoms with Crippen LogP contribution in [0, 0.1) is 6.92 Å². The highest BCUT2D eigenvalue weighted by atomic mass is 16.1. The third kappa shape index (κ3) is 3.23. The van der Waals surface area contributed by atoms with Crippen molar-refractivity contribution in [2.75, 3.05) is 0 Å². The second-order valence-corrected chi connectivity index (χ2v) is 6.11. The molecule has 0 bridgehead atoms. The van der Waals surface area contributed by atoms with Gasteiger partial charge in [-0.2, -0.15) is 5.10 Å². The molecule has 3 nitrogen and oxygen atoms in total. The number of hydrogen-bond donors (Lipinski definition) is 0. The van der Waals surface area contributed by atoms with Gasteiger partial charge in [-0.1, -0.05) is 49.1 Å². The lowest BCUT2D eigenvalue weighted by Crippen LogP contribution is -2.08. The fourth-order valence-electron chi connectivity index (χ4n) is 3.31. The summed E-state index contributed by atoms with van der Waals surface area (Å²) in [6, 6.07) is 8.44. The van der Waals surface area contributed by atoms with E-state index in [4.69, 9.17) is 5.10 Å². The molecule has 0 spiro atoms. The quantitative estimate of drug-likeness (QED) is 0.791. The van der Waals surface area contributed by atoms with Crippen LogP contribution in [-0.2, 0) is 6.54 Å². The van der Waals surface area contributed by atoms with Gasteiger partial charge in [-0.15, -0.1) is 0 Å². The van der Waals surface area contributed by atoms with Gasteiger partial charge in [-0.25, -0.2) is 0 Å². The van der Waals surface area contributed by atoms with Crippen LogP contribution >= 0.6 is 0 Å². The van der Waals surface area contributed by atoms with Crippen molar-refractivity contribution in [1.29, 1.82) is 0 Å². The molecule has 1 aliphatic carbocycles. The Labute approximate surface area is 126 Å². The Bertz CT molecular complexity index is 624. The van der Waals surface area contributed by atoms with Crippen molar-refractivity contribution in [3.05, 3.63) is 52.8 Å². The van der Waals surface area contributed by atoms with Gasteiger partial charge in [0.2, 0.25) is 0 Å². The lowest BCUT2D eigenvalue weighted by atomic mass is 9.86. The minimum atomic E-state index is 0.470. The van der Waals surface area contributed by atoms with Crippen LogP contribution in [0.15, 0.2) is 30.5 Å². The first-order valence-corrected chi connectivity index (χ1v) is 7.84. The third-order valence-electron chi connectivity index (χ3n) is 4.37. The molecular formula is C18H22N2O. The summed E-state index contributed by atoms with van der Waals surface area (Å²) in [6.45, 7) is 2.83. The molecule has 3 rings (SSSR count). The Kier molecular flexibility index (Phi) is 4.18. The Hall–Kier alpha value is -1.90. The molecule has 0 amide bonds. The first kappa shape index (κ1) is 14.1. The molecule has 21 heavy (non-hydrogen) atoms. The zero-order valence-corrected chi connectivity index (χ0v) is 12.6. The summed E-state index contributed by atoms with van der Waals surface area (Å²) in [4.78, 5) is 11.3. The van der Waals surface area contributed by atoms with E-state index in [0.717, 1.165) is 24.1 Å². The fourth-order valence-corrected chi connectivity index (χ4v) is 3.31. The van der Waals surface area contributed by atoms with E-state index >= 15 is 0 Å². The van der Waals surface area contributed by atoms with Crippen molar-refractivity contribution in [2.24, 2.45) is 0 Å². The van der Waals surface area contributed by atoms with E-state index in [-0.39, 0.29) is 0 Å². The lowest BCUT2D eigenvalue weighted by Gasteiger charge is -2.20. The molecule has 1 aromatic carbocycles. The monoisotopic (exact) mass is 282 g/mol. The zero-order valence-electron chi connectivity index (χ0n) is 12.6. The Morgan fingerprint density at radius 2 is 2.10 bits per heavy atom. The number of benzene rings is 1. The van der Waals surface area contributed by atoms with E-state index in [2.05, 4.69) is 31.2 Å². The van der Waals surface area contributed by atoms with Gasteiger partial charge >= 0.3 is 0 Å². The van der Waals surface area contributed by atoms with Gasteiger partial charge in [0.25, 0.3) is 0 Å². The van der Waals surface area contributed by atoms with Crippen molar-refractivity contribution in [3.63, 3.8) is 0 Å². The van der Waals surface area contributed by atoms with Crippen molar-refractivity contribution in [1.82, 2.24) is 9.78 Å². The summed E-state index contributed by atoms with van der Waals surface area (Å²) in [5.74, 6) is 0.470. The predicted molar refractivity (Wildman–Crippen MR) is 83.7 cm³/mol. The van der Waals surface area contributed by atoms with Gasteiger partial charge in [0.05, 0.1) is 17.8 Å². The standard InChI is InChI=1S/C18H22N2O/c1-14-6-5-7-15(10-14)11-20-12-17(13-21)18(19-20)16-8-3-2-4-9-16/h5-7,10,12-13,16H,2-4,8-9,11H2,1H3. The minimum Gasteiger partial charge on any atom is -0.298 e. The number of carbonyl (C=O) groups excluding carboxylic acids is 1. The average Bonchev–Trinajstić information content (AvgIpc) is 2.91. The second-order valence-electron chi connectivity index (χ2n) is 6.11. The van der Waals surface area contributed by atoms with Gasteiger partial charge in [0.15, 0.2) is 6.29 Å². The predicted octanol–water partition coefficient (Wildman–Crippen LogP) is 4.10. The molecule has 0 saturated heterocycles. The average molecular weight is 282 g/mol. The largest absolute Gasteiger partial charge is 0.298 e. The van der Waals surface area contributed by atoms with Crippen LogP contribution in [0.2, 0.25) is 0 Å². The smallest absolute Gasteiger partial charge is 0.153 e. The maximum Gasteiger partial charge on any atom is 0.153 e. The van der Waals surface area contributed by atoms with Crippen LogP contribution in [0.25, 0.3) is 0 Å². The molecule has 110 valence electrons. The first-order valence-electron chi connectivity index (χ1n) is 7.84. The van der Waals surface area contributed by atoms with Gasteiger partial charge in [0, 0.05) is 12.1 Å². The highest BCUT2D eigenvalue weighted by molar-refractivity contribution is 5.76. The molecule has 3 heteroatoms. The Balaban J connectivity index is 1.83. The van der Waals surface area contributed by atoms with E-state index < -0.39 is 0 Å². The Morgan fingerprint density at radius 3 is 2.81 bits per heavy atom. The van der Waals surface area contributed by atoms with Crippen LogP contribution in [0.1, 0.15) is 65.2 Å². The molecule has 0 aliphatic heterocycles. The highest BCUT2D eigenvalue weighted by Crippen LogP contribution is 2.33. The lowest BCUT2D eigenvalue weighted by molar-refractivity contribution is 0.112. The minimum absolute atomic E-state index is 0.470. The van der Waals surface area contributed by atoms with E-state index in [1.165, 1.54) is 43.2 Å². The van der Waals surface area contributed by atoms with Gasteiger partial charge < -0.3 is 0 Å². The molecule has 1 aliphatic rings. The molecule has 1 heterocycles. The van der Waals surface area contributed by atoms with E-state index in [1.807, 2.05) is 10.9 Å². The first-order chi connectivity index (χ1) is 10.3. The Morgan fingerprint density at radius 1 is 1.29 bits per heavy atom. The number of aryl methyl sites for hydroxylation is 1. The molecule has 2 aromatic rings. The van der Waals surface area contributed by atoms with Crippen molar-refractivity contribution < 1.29 is 4.79 Å². The van der Waals surface area contributed by atoms with Gasteiger partial charge in [-0.3, -0.25) is 9.48 Å². The SMILES string of the molecule is Cc1cccc(Cn2cc(C=O)c(C3CCCCC3)n2)c1. The highest BCUT2D eigenvalue weighted by Gasteiger charge is 2.21. The maximum atomic E-state index is 11.3. The summed E-state index contributed by atoms with van der Waals surface area (Å²) < 4.78 is 1.92. The summed E-state index contributed by atoms with van der Waals surface area (Å²) in [5, 5.41) is 4.72. The van der Waals surface area contributed by atoms with Crippen LogP contribution in [0.5, 0.6) is 0 Å². The second kappa shape index (κ2) is 6.25. The molecule has 0 N–H and O–H groups in total. The number of hydrogen-bond acceptors (Lipinski definition) is 2. The number of nitrogens with zero attached hydrogens (tertiary/aromatic N) is 2. The van der Waals surface area contributed by atoms with Gasteiger partial charge in [-0.05, 0) is 25.3 Å². The van der Waals surface area contributed by atoms with Gasteiger partial charge in [0.1, 0.15) is 0 Å². The molecule has 1 saturated carbocycles. The van der Waals surface area contributed by atoms with E-state index in [1.54, 1.807) is 0 Å². The van der Waals surface area contributed by atoms with Crippen molar-refractivity contribution in [3.8, 4) is 0 Å². The maximum absolute atomic E-state index is 11.3. The number of rotatable bonds is 4. The molecular weight excluding hydrogens is 260 g/mol. The number of aldehydes is 1. The molecule has 1 aromatic heterocycles. The normalized spacial score (nSPS) is 16.0. The van der Waals surface area contributed by atoms with E-state index in [9.17, 15) is 4.79 Å². The van der Waals surface area contributed by atoms with Crippen LogP contribution in [-0.4, -0.2) is 16.1 Å². The molecule has 0 radical (unpaired) electrons. The molecule has 0 atom stereocenters.